The summed E-state index contributed by atoms with van der Waals surface area (Å²) in [4.78, 5) is 17.0. The van der Waals surface area contributed by atoms with Gasteiger partial charge in [0.2, 0.25) is 0 Å². The fourth-order valence-electron chi connectivity index (χ4n) is 2.88. The number of ether oxygens (including phenoxy) is 1. The first-order valence-corrected chi connectivity index (χ1v) is 9.99. The van der Waals surface area contributed by atoms with Crippen molar-refractivity contribution in [3.8, 4) is 5.75 Å². The van der Waals surface area contributed by atoms with Gasteiger partial charge < -0.3 is 10.1 Å². The second kappa shape index (κ2) is 7.96. The molecular formula is C20H20N6O2S. The lowest BCUT2D eigenvalue weighted by molar-refractivity contribution is 0.102. The van der Waals surface area contributed by atoms with Crippen molar-refractivity contribution in [2.24, 2.45) is 0 Å². The molecular weight excluding hydrogens is 388 g/mol. The van der Waals surface area contributed by atoms with Crippen molar-refractivity contribution in [2.45, 2.75) is 33.4 Å². The van der Waals surface area contributed by atoms with E-state index in [1.54, 1.807) is 40.3 Å². The number of rotatable bonds is 6. The number of anilines is 1. The highest BCUT2D eigenvalue weighted by atomic mass is 32.1. The van der Waals surface area contributed by atoms with Crippen molar-refractivity contribution < 1.29 is 9.53 Å². The molecule has 2 heterocycles. The van der Waals surface area contributed by atoms with E-state index in [9.17, 15) is 4.79 Å². The van der Waals surface area contributed by atoms with Crippen LogP contribution in [-0.4, -0.2) is 31.1 Å². The van der Waals surface area contributed by atoms with Crippen LogP contribution in [0.4, 0.5) is 5.69 Å². The van der Waals surface area contributed by atoms with Crippen LogP contribution in [0.5, 0.6) is 5.75 Å². The van der Waals surface area contributed by atoms with Crippen LogP contribution >= 0.6 is 11.3 Å². The molecule has 0 saturated carbocycles. The lowest BCUT2D eigenvalue weighted by Gasteiger charge is -2.10. The fourth-order valence-corrected chi connectivity index (χ4v) is 3.75. The maximum atomic E-state index is 12.5. The standard InChI is InChI=1S/C20H20N6O2S/c1-12(2)26-19(23-24-25-26)11-28-16-7-4-14(5-8-16)20(27)22-15-6-9-17-18(10-15)29-13(3)21-17/h4-10,12H,11H2,1-3H3,(H,22,27). The van der Waals surface area contributed by atoms with E-state index in [0.717, 1.165) is 20.9 Å². The zero-order valence-electron chi connectivity index (χ0n) is 16.3. The summed E-state index contributed by atoms with van der Waals surface area (Å²) < 4.78 is 8.50. The molecule has 1 N–H and O–H groups in total. The van der Waals surface area contributed by atoms with Gasteiger partial charge in [-0.25, -0.2) is 9.67 Å². The van der Waals surface area contributed by atoms with Crippen molar-refractivity contribution >= 4 is 33.1 Å². The second-order valence-electron chi connectivity index (χ2n) is 6.82. The van der Waals surface area contributed by atoms with Gasteiger partial charge in [-0.2, -0.15) is 0 Å². The third kappa shape index (κ3) is 4.24. The minimum absolute atomic E-state index is 0.155. The van der Waals surface area contributed by atoms with E-state index in [1.165, 1.54) is 0 Å². The molecule has 1 amide bonds. The maximum Gasteiger partial charge on any atom is 0.255 e. The number of amides is 1. The third-order valence-electron chi connectivity index (χ3n) is 4.29. The van der Waals surface area contributed by atoms with Gasteiger partial charge in [0.1, 0.15) is 12.4 Å². The second-order valence-corrected chi connectivity index (χ2v) is 8.05. The molecule has 0 spiro atoms. The molecule has 0 atom stereocenters. The zero-order chi connectivity index (χ0) is 20.4. The van der Waals surface area contributed by atoms with Crippen LogP contribution in [0, 0.1) is 6.92 Å². The van der Waals surface area contributed by atoms with Gasteiger partial charge in [-0.1, -0.05) is 0 Å². The number of nitrogens with one attached hydrogen (secondary N) is 1. The highest BCUT2D eigenvalue weighted by molar-refractivity contribution is 7.18. The number of aromatic nitrogens is 5. The van der Waals surface area contributed by atoms with Crippen molar-refractivity contribution in [2.75, 3.05) is 5.32 Å². The van der Waals surface area contributed by atoms with Gasteiger partial charge in [-0.15, -0.1) is 16.4 Å². The van der Waals surface area contributed by atoms with E-state index in [2.05, 4.69) is 25.8 Å². The Morgan fingerprint density at radius 3 is 2.76 bits per heavy atom. The van der Waals surface area contributed by atoms with Crippen LogP contribution in [-0.2, 0) is 6.61 Å². The molecule has 0 unspecified atom stereocenters. The number of hydrogen-bond acceptors (Lipinski definition) is 7. The minimum atomic E-state index is -0.180. The Labute approximate surface area is 171 Å². The van der Waals surface area contributed by atoms with Gasteiger partial charge in [0, 0.05) is 11.3 Å². The Kier molecular flexibility index (Phi) is 5.22. The first-order valence-electron chi connectivity index (χ1n) is 9.18. The Morgan fingerprint density at radius 1 is 1.21 bits per heavy atom. The van der Waals surface area contributed by atoms with Gasteiger partial charge in [0.25, 0.3) is 5.91 Å². The SMILES string of the molecule is Cc1nc2ccc(NC(=O)c3ccc(OCc4nnnn4C(C)C)cc3)cc2s1. The van der Waals surface area contributed by atoms with Crippen LogP contribution < -0.4 is 10.1 Å². The average Bonchev–Trinajstić information content (AvgIpc) is 3.32. The summed E-state index contributed by atoms with van der Waals surface area (Å²) in [5.74, 6) is 1.11. The van der Waals surface area contributed by atoms with Gasteiger partial charge in [0.15, 0.2) is 5.82 Å². The topological polar surface area (TPSA) is 94.8 Å². The molecule has 0 radical (unpaired) electrons. The molecule has 2 aromatic carbocycles. The Morgan fingerprint density at radius 2 is 2.00 bits per heavy atom. The summed E-state index contributed by atoms with van der Waals surface area (Å²) in [6.45, 7) is 6.23. The largest absolute Gasteiger partial charge is 0.486 e. The lowest BCUT2D eigenvalue weighted by Crippen LogP contribution is -2.12. The third-order valence-corrected chi connectivity index (χ3v) is 5.22. The molecule has 8 nitrogen and oxygen atoms in total. The van der Waals surface area contributed by atoms with E-state index in [-0.39, 0.29) is 18.6 Å². The smallest absolute Gasteiger partial charge is 0.255 e. The van der Waals surface area contributed by atoms with E-state index in [4.69, 9.17) is 4.74 Å². The van der Waals surface area contributed by atoms with Crippen LogP contribution in [0.2, 0.25) is 0 Å². The molecule has 4 aromatic rings. The quantitative estimate of drug-likeness (QED) is 0.518. The first-order chi connectivity index (χ1) is 14.0. The molecule has 2 aromatic heterocycles. The molecule has 4 rings (SSSR count). The molecule has 9 heteroatoms. The molecule has 0 aliphatic carbocycles. The highest BCUT2D eigenvalue weighted by Gasteiger charge is 2.11. The lowest BCUT2D eigenvalue weighted by atomic mass is 10.2. The molecule has 0 saturated heterocycles. The van der Waals surface area contributed by atoms with Crippen LogP contribution in [0.15, 0.2) is 42.5 Å². The number of aryl methyl sites for hydroxylation is 1. The predicted molar refractivity (Wildman–Crippen MR) is 111 cm³/mol. The summed E-state index contributed by atoms with van der Waals surface area (Å²) in [7, 11) is 0. The molecule has 148 valence electrons. The van der Waals surface area contributed by atoms with Gasteiger partial charge in [0.05, 0.1) is 21.3 Å². The molecule has 0 aliphatic rings. The van der Waals surface area contributed by atoms with Crippen molar-refractivity contribution in [3.05, 3.63) is 58.9 Å². The number of hydrogen-bond donors (Lipinski definition) is 1. The highest BCUT2D eigenvalue weighted by Crippen LogP contribution is 2.25. The Balaban J connectivity index is 1.40. The number of fused-ring (bicyclic) bond motifs is 1. The fraction of sp³-hybridized carbons (Fsp3) is 0.250. The van der Waals surface area contributed by atoms with E-state index < -0.39 is 0 Å². The number of benzene rings is 2. The van der Waals surface area contributed by atoms with Crippen LogP contribution in [0.1, 0.15) is 41.1 Å². The molecule has 0 bridgehead atoms. The van der Waals surface area contributed by atoms with Crippen molar-refractivity contribution in [3.63, 3.8) is 0 Å². The number of tetrazole rings is 1. The van der Waals surface area contributed by atoms with Crippen molar-refractivity contribution in [1.82, 2.24) is 25.2 Å². The van der Waals surface area contributed by atoms with Gasteiger partial charge >= 0.3 is 0 Å². The number of nitrogens with zero attached hydrogens (tertiary/aromatic N) is 5. The average molecular weight is 408 g/mol. The number of thiazole rings is 1. The van der Waals surface area contributed by atoms with Crippen LogP contribution in [0.25, 0.3) is 10.2 Å². The van der Waals surface area contributed by atoms with Crippen LogP contribution in [0.3, 0.4) is 0 Å². The summed E-state index contributed by atoms with van der Waals surface area (Å²) in [6, 6.07) is 12.8. The van der Waals surface area contributed by atoms with Crippen molar-refractivity contribution in [1.29, 1.82) is 0 Å². The Bertz CT molecular complexity index is 1150. The molecule has 29 heavy (non-hydrogen) atoms. The summed E-state index contributed by atoms with van der Waals surface area (Å²) in [5.41, 5.74) is 2.23. The first kappa shape index (κ1) is 19.0. The molecule has 0 fully saturated rings. The number of carbonyl (C=O) groups excluding carboxylic acids is 1. The Hall–Kier alpha value is -3.33. The van der Waals surface area contributed by atoms with E-state index >= 15 is 0 Å². The predicted octanol–water partition coefficient (Wildman–Crippen LogP) is 4.00. The minimum Gasteiger partial charge on any atom is -0.486 e. The van der Waals surface area contributed by atoms with E-state index in [1.807, 2.05) is 39.0 Å². The maximum absolute atomic E-state index is 12.5. The molecule has 0 aliphatic heterocycles. The summed E-state index contributed by atoms with van der Waals surface area (Å²) in [5, 5.41) is 15.5. The van der Waals surface area contributed by atoms with E-state index in [0.29, 0.717) is 17.1 Å². The van der Waals surface area contributed by atoms with Gasteiger partial charge in [-0.05, 0) is 73.7 Å². The zero-order valence-corrected chi connectivity index (χ0v) is 17.1. The normalized spacial score (nSPS) is 11.2. The monoisotopic (exact) mass is 408 g/mol. The number of carbonyl (C=O) groups is 1. The summed E-state index contributed by atoms with van der Waals surface area (Å²) >= 11 is 1.60. The van der Waals surface area contributed by atoms with Gasteiger partial charge in [-0.3, -0.25) is 4.79 Å². The summed E-state index contributed by atoms with van der Waals surface area (Å²) in [6.07, 6.45) is 0.